The highest BCUT2D eigenvalue weighted by molar-refractivity contribution is 5.75. The number of nitrogens with zero attached hydrogens (tertiary/aromatic N) is 2. The van der Waals surface area contributed by atoms with Gasteiger partial charge in [0.25, 0.3) is 0 Å². The maximum absolute atomic E-state index is 11.4. The SMILES string of the molecule is CN(C)C(=O)CCCN(CCC(=O)O)C1CC1. The van der Waals surface area contributed by atoms with Gasteiger partial charge in [-0.3, -0.25) is 14.5 Å². The smallest absolute Gasteiger partial charge is 0.304 e. The zero-order chi connectivity index (χ0) is 12.8. The van der Waals surface area contributed by atoms with E-state index >= 15 is 0 Å². The first-order chi connectivity index (χ1) is 8.00. The Kier molecular flexibility index (Phi) is 5.41. The number of amides is 1. The lowest BCUT2D eigenvalue weighted by Gasteiger charge is -2.21. The van der Waals surface area contributed by atoms with E-state index in [9.17, 15) is 9.59 Å². The standard InChI is InChI=1S/C12H22N2O3/c1-13(2)11(15)4-3-8-14(10-5-6-10)9-7-12(16)17/h10H,3-9H2,1-2H3,(H,16,17). The number of carboxylic acid groups (broad SMARTS) is 1. The van der Waals surface area contributed by atoms with Crippen LogP contribution in [0.25, 0.3) is 0 Å². The second kappa shape index (κ2) is 6.59. The van der Waals surface area contributed by atoms with E-state index in [1.165, 1.54) is 12.8 Å². The fourth-order valence-electron chi connectivity index (χ4n) is 1.81. The van der Waals surface area contributed by atoms with Crippen LogP contribution in [0.5, 0.6) is 0 Å². The van der Waals surface area contributed by atoms with Crippen LogP contribution in [0.15, 0.2) is 0 Å². The largest absolute Gasteiger partial charge is 0.481 e. The Morgan fingerprint density at radius 2 is 1.82 bits per heavy atom. The molecule has 1 aliphatic rings. The van der Waals surface area contributed by atoms with Crippen molar-refractivity contribution in [3.05, 3.63) is 0 Å². The summed E-state index contributed by atoms with van der Waals surface area (Å²) in [6.45, 7) is 1.44. The molecule has 0 spiro atoms. The van der Waals surface area contributed by atoms with Crippen molar-refractivity contribution in [1.29, 1.82) is 0 Å². The van der Waals surface area contributed by atoms with Gasteiger partial charge in [0, 0.05) is 33.1 Å². The van der Waals surface area contributed by atoms with Crippen molar-refractivity contribution in [2.75, 3.05) is 27.2 Å². The van der Waals surface area contributed by atoms with E-state index in [1.54, 1.807) is 19.0 Å². The second-order valence-corrected chi connectivity index (χ2v) is 4.80. The van der Waals surface area contributed by atoms with Crippen molar-refractivity contribution in [2.24, 2.45) is 0 Å². The van der Waals surface area contributed by atoms with Crippen LogP contribution in [0, 0.1) is 0 Å². The van der Waals surface area contributed by atoms with Crippen LogP contribution in [0.4, 0.5) is 0 Å². The van der Waals surface area contributed by atoms with E-state index in [2.05, 4.69) is 4.90 Å². The Hall–Kier alpha value is -1.10. The maximum atomic E-state index is 11.4. The van der Waals surface area contributed by atoms with Crippen molar-refractivity contribution >= 4 is 11.9 Å². The van der Waals surface area contributed by atoms with E-state index < -0.39 is 5.97 Å². The number of carbonyl (C=O) groups excluding carboxylic acids is 1. The molecule has 98 valence electrons. The topological polar surface area (TPSA) is 60.9 Å². The minimum absolute atomic E-state index is 0.138. The first-order valence-electron chi connectivity index (χ1n) is 6.16. The highest BCUT2D eigenvalue weighted by atomic mass is 16.4. The molecule has 0 aromatic rings. The summed E-state index contributed by atoms with van der Waals surface area (Å²) in [5.41, 5.74) is 0. The van der Waals surface area contributed by atoms with Gasteiger partial charge >= 0.3 is 5.97 Å². The van der Waals surface area contributed by atoms with E-state index in [-0.39, 0.29) is 12.3 Å². The summed E-state index contributed by atoms with van der Waals surface area (Å²) in [4.78, 5) is 25.7. The molecule has 0 aromatic heterocycles. The average molecular weight is 242 g/mol. The zero-order valence-electron chi connectivity index (χ0n) is 10.7. The average Bonchev–Trinajstić information content (AvgIpc) is 3.05. The normalized spacial score (nSPS) is 15.0. The monoisotopic (exact) mass is 242 g/mol. The molecular formula is C12H22N2O3. The van der Waals surface area contributed by atoms with Crippen molar-refractivity contribution in [2.45, 2.75) is 38.1 Å². The van der Waals surface area contributed by atoms with Crippen LogP contribution in [0.2, 0.25) is 0 Å². The van der Waals surface area contributed by atoms with Gasteiger partial charge in [0.05, 0.1) is 6.42 Å². The minimum Gasteiger partial charge on any atom is -0.481 e. The van der Waals surface area contributed by atoms with Gasteiger partial charge < -0.3 is 10.0 Å². The van der Waals surface area contributed by atoms with Gasteiger partial charge in [-0.25, -0.2) is 0 Å². The number of carbonyl (C=O) groups is 2. The summed E-state index contributed by atoms with van der Waals surface area (Å²) >= 11 is 0. The van der Waals surface area contributed by atoms with Crippen LogP contribution in [-0.4, -0.2) is 60.0 Å². The third kappa shape index (κ3) is 5.68. The quantitative estimate of drug-likeness (QED) is 0.683. The molecule has 1 amide bonds. The summed E-state index contributed by atoms with van der Waals surface area (Å²) in [7, 11) is 3.51. The number of hydrogen-bond acceptors (Lipinski definition) is 3. The van der Waals surface area contributed by atoms with Gasteiger partial charge in [-0.1, -0.05) is 0 Å². The van der Waals surface area contributed by atoms with Crippen LogP contribution in [0.1, 0.15) is 32.1 Å². The molecule has 0 heterocycles. The highest BCUT2D eigenvalue weighted by Gasteiger charge is 2.28. The van der Waals surface area contributed by atoms with Crippen LogP contribution in [-0.2, 0) is 9.59 Å². The Morgan fingerprint density at radius 3 is 2.29 bits per heavy atom. The van der Waals surface area contributed by atoms with E-state index in [1.807, 2.05) is 0 Å². The fourth-order valence-corrected chi connectivity index (χ4v) is 1.81. The molecule has 1 fully saturated rings. The molecular weight excluding hydrogens is 220 g/mol. The third-order valence-electron chi connectivity index (χ3n) is 3.01. The molecule has 1 saturated carbocycles. The molecule has 0 saturated heterocycles. The molecule has 1 aliphatic carbocycles. The summed E-state index contributed by atoms with van der Waals surface area (Å²) in [5, 5.41) is 8.66. The number of aliphatic carboxylic acids is 1. The van der Waals surface area contributed by atoms with Gasteiger partial charge in [0.2, 0.25) is 5.91 Å². The van der Waals surface area contributed by atoms with E-state index in [4.69, 9.17) is 5.11 Å². The summed E-state index contributed by atoms with van der Waals surface area (Å²) in [6, 6.07) is 0.559. The Bertz CT molecular complexity index is 275. The molecule has 0 bridgehead atoms. The molecule has 0 atom stereocenters. The highest BCUT2D eigenvalue weighted by Crippen LogP contribution is 2.27. The molecule has 5 nitrogen and oxygen atoms in total. The zero-order valence-corrected chi connectivity index (χ0v) is 10.7. The summed E-state index contributed by atoms with van der Waals surface area (Å²) in [5.74, 6) is -0.612. The number of rotatable bonds is 8. The lowest BCUT2D eigenvalue weighted by Crippen LogP contribution is -2.31. The Labute approximate surface area is 102 Å². The van der Waals surface area contributed by atoms with Gasteiger partial charge in [0.15, 0.2) is 0 Å². The molecule has 17 heavy (non-hydrogen) atoms. The molecule has 0 aromatic carbocycles. The first-order valence-corrected chi connectivity index (χ1v) is 6.16. The van der Waals surface area contributed by atoms with Gasteiger partial charge in [-0.05, 0) is 25.8 Å². The predicted octanol–water partition coefficient (Wildman–Crippen LogP) is 0.794. The van der Waals surface area contributed by atoms with Crippen molar-refractivity contribution in [3.63, 3.8) is 0 Å². The first kappa shape index (κ1) is 14.0. The summed E-state index contributed by atoms with van der Waals surface area (Å²) in [6.07, 6.45) is 3.89. The van der Waals surface area contributed by atoms with E-state index in [0.29, 0.717) is 19.0 Å². The van der Waals surface area contributed by atoms with Gasteiger partial charge in [-0.15, -0.1) is 0 Å². The van der Waals surface area contributed by atoms with Crippen LogP contribution in [0.3, 0.4) is 0 Å². The summed E-state index contributed by atoms with van der Waals surface area (Å²) < 4.78 is 0. The maximum Gasteiger partial charge on any atom is 0.304 e. The lowest BCUT2D eigenvalue weighted by atomic mass is 10.2. The number of carboxylic acids is 1. The number of hydrogen-bond donors (Lipinski definition) is 1. The Morgan fingerprint density at radius 1 is 1.18 bits per heavy atom. The van der Waals surface area contributed by atoms with Gasteiger partial charge in [-0.2, -0.15) is 0 Å². The fraction of sp³-hybridized carbons (Fsp3) is 0.833. The molecule has 1 rings (SSSR count). The van der Waals surface area contributed by atoms with Crippen molar-refractivity contribution < 1.29 is 14.7 Å². The molecule has 1 N–H and O–H groups in total. The van der Waals surface area contributed by atoms with Crippen molar-refractivity contribution in [1.82, 2.24) is 9.80 Å². The van der Waals surface area contributed by atoms with E-state index in [0.717, 1.165) is 13.0 Å². The van der Waals surface area contributed by atoms with Gasteiger partial charge in [0.1, 0.15) is 0 Å². The molecule has 0 aliphatic heterocycles. The predicted molar refractivity (Wildman–Crippen MR) is 64.8 cm³/mol. The van der Waals surface area contributed by atoms with Crippen molar-refractivity contribution in [3.8, 4) is 0 Å². The third-order valence-corrected chi connectivity index (χ3v) is 3.01. The lowest BCUT2D eigenvalue weighted by molar-refractivity contribution is -0.137. The molecule has 5 heteroatoms. The Balaban J connectivity index is 2.20. The van der Waals surface area contributed by atoms with Crippen LogP contribution >= 0.6 is 0 Å². The van der Waals surface area contributed by atoms with Crippen LogP contribution < -0.4 is 0 Å². The molecule has 0 unspecified atom stereocenters. The minimum atomic E-state index is -0.750. The molecule has 0 radical (unpaired) electrons. The second-order valence-electron chi connectivity index (χ2n) is 4.80.